The van der Waals surface area contributed by atoms with Gasteiger partial charge in [-0.25, -0.2) is 0 Å². The number of thioether (sulfide) groups is 1. The molecular weight excluding hydrogens is 284 g/mol. The van der Waals surface area contributed by atoms with Crippen molar-refractivity contribution in [2.75, 3.05) is 13.2 Å². The number of Topliss-reactive ketones (excluding diaryl/α,β-unsaturated/α-hetero) is 1. The van der Waals surface area contributed by atoms with Gasteiger partial charge in [-0.1, -0.05) is 6.42 Å². The highest BCUT2D eigenvalue weighted by Gasteiger charge is 2.36. The van der Waals surface area contributed by atoms with Crippen LogP contribution in [0.25, 0.3) is 0 Å². The normalized spacial score (nSPS) is 30.8. The summed E-state index contributed by atoms with van der Waals surface area (Å²) in [5.41, 5.74) is 0.786. The molecule has 0 aliphatic carbocycles. The lowest BCUT2D eigenvalue weighted by Crippen LogP contribution is -2.33. The Kier molecular flexibility index (Phi) is 3.57. The first kappa shape index (κ1) is 13.5. The summed E-state index contributed by atoms with van der Waals surface area (Å²) < 4.78 is 11.1. The monoisotopic (exact) mass is 304 g/mol. The number of rotatable bonds is 2. The van der Waals surface area contributed by atoms with Gasteiger partial charge in [0.15, 0.2) is 17.3 Å². The molecule has 0 aromatic heterocycles. The van der Waals surface area contributed by atoms with E-state index >= 15 is 0 Å². The quantitative estimate of drug-likeness (QED) is 0.780. The van der Waals surface area contributed by atoms with Crippen LogP contribution < -0.4 is 9.47 Å². The zero-order chi connectivity index (χ0) is 14.2. The zero-order valence-electron chi connectivity index (χ0n) is 12.0. The van der Waals surface area contributed by atoms with Crippen LogP contribution in [0.5, 0.6) is 11.5 Å². The Bertz CT molecular complexity index is 545. The Hall–Kier alpha value is -1.16. The van der Waals surface area contributed by atoms with Gasteiger partial charge in [0, 0.05) is 22.0 Å². The van der Waals surface area contributed by atoms with Gasteiger partial charge in [-0.15, -0.1) is 0 Å². The topological polar surface area (TPSA) is 35.5 Å². The van der Waals surface area contributed by atoms with Crippen LogP contribution in [0.4, 0.5) is 0 Å². The largest absolute Gasteiger partial charge is 0.486 e. The van der Waals surface area contributed by atoms with Crippen molar-refractivity contribution >= 4 is 17.5 Å². The third-order valence-electron chi connectivity index (χ3n) is 4.73. The molecule has 3 nitrogen and oxygen atoms in total. The standard InChI is InChI=1S/C17H20O3S/c18-17(12-8-13-2-1-3-14(9-12)21-13)11-4-5-15-16(10-11)20-7-6-19-15/h4-5,10,12-14H,1-3,6-9H2. The van der Waals surface area contributed by atoms with E-state index in [4.69, 9.17) is 9.47 Å². The Morgan fingerprint density at radius 1 is 1.05 bits per heavy atom. The first-order chi connectivity index (χ1) is 10.3. The predicted molar refractivity (Wildman–Crippen MR) is 83.5 cm³/mol. The number of benzene rings is 1. The molecule has 0 radical (unpaired) electrons. The highest BCUT2D eigenvalue weighted by atomic mass is 32.2. The van der Waals surface area contributed by atoms with Crippen molar-refractivity contribution in [3.63, 3.8) is 0 Å². The molecule has 4 rings (SSSR count). The van der Waals surface area contributed by atoms with Crippen LogP contribution in [0.1, 0.15) is 42.5 Å². The van der Waals surface area contributed by atoms with Gasteiger partial charge in [0.25, 0.3) is 0 Å². The third-order valence-corrected chi connectivity index (χ3v) is 6.36. The molecule has 1 aromatic rings. The smallest absolute Gasteiger partial charge is 0.166 e. The SMILES string of the molecule is O=C(c1ccc2c(c1)OCCO2)C1CC2CCCC(C1)S2. The second-order valence-electron chi connectivity index (χ2n) is 6.20. The maximum atomic E-state index is 12.8. The molecule has 112 valence electrons. The van der Waals surface area contributed by atoms with E-state index in [0.717, 1.165) is 29.9 Å². The molecule has 1 aromatic carbocycles. The van der Waals surface area contributed by atoms with Gasteiger partial charge < -0.3 is 9.47 Å². The van der Waals surface area contributed by atoms with Crippen molar-refractivity contribution in [3.8, 4) is 11.5 Å². The lowest BCUT2D eigenvalue weighted by molar-refractivity contribution is 0.0895. The fraction of sp³-hybridized carbons (Fsp3) is 0.588. The van der Waals surface area contributed by atoms with Crippen molar-refractivity contribution in [3.05, 3.63) is 23.8 Å². The van der Waals surface area contributed by atoms with Crippen molar-refractivity contribution in [1.29, 1.82) is 0 Å². The van der Waals surface area contributed by atoms with Crippen molar-refractivity contribution < 1.29 is 14.3 Å². The summed E-state index contributed by atoms with van der Waals surface area (Å²) >= 11 is 2.12. The van der Waals surface area contributed by atoms with Gasteiger partial charge in [-0.05, 0) is 43.9 Å². The van der Waals surface area contributed by atoms with Crippen LogP contribution in [0.15, 0.2) is 18.2 Å². The average molecular weight is 304 g/mol. The highest BCUT2D eigenvalue weighted by Crippen LogP contribution is 2.45. The van der Waals surface area contributed by atoms with E-state index in [0.29, 0.717) is 29.5 Å². The van der Waals surface area contributed by atoms with Crippen LogP contribution >= 0.6 is 11.8 Å². The molecule has 4 heteroatoms. The summed E-state index contributed by atoms with van der Waals surface area (Å²) in [7, 11) is 0. The van der Waals surface area contributed by atoms with E-state index in [1.165, 1.54) is 19.3 Å². The van der Waals surface area contributed by atoms with Crippen LogP contribution in [-0.2, 0) is 0 Å². The summed E-state index contributed by atoms with van der Waals surface area (Å²) in [5, 5.41) is 1.40. The Morgan fingerprint density at radius 3 is 2.52 bits per heavy atom. The van der Waals surface area contributed by atoms with Gasteiger partial charge in [0.1, 0.15) is 13.2 Å². The molecule has 3 aliphatic heterocycles. The van der Waals surface area contributed by atoms with E-state index < -0.39 is 0 Å². The van der Waals surface area contributed by atoms with Crippen molar-refractivity contribution in [2.45, 2.75) is 42.6 Å². The van der Waals surface area contributed by atoms with E-state index in [9.17, 15) is 4.79 Å². The second-order valence-corrected chi connectivity index (χ2v) is 7.81. The molecule has 0 spiro atoms. The molecule has 3 heterocycles. The maximum absolute atomic E-state index is 12.8. The van der Waals surface area contributed by atoms with Crippen LogP contribution in [0, 0.1) is 5.92 Å². The number of hydrogen-bond donors (Lipinski definition) is 0. The van der Waals surface area contributed by atoms with E-state index in [2.05, 4.69) is 11.8 Å². The Labute approximate surface area is 129 Å². The zero-order valence-corrected chi connectivity index (χ0v) is 12.9. The van der Waals surface area contributed by atoms with Gasteiger partial charge in [-0.2, -0.15) is 11.8 Å². The fourth-order valence-electron chi connectivity index (χ4n) is 3.71. The minimum absolute atomic E-state index is 0.198. The first-order valence-corrected chi connectivity index (χ1v) is 8.83. The number of ether oxygens (including phenoxy) is 2. The third kappa shape index (κ3) is 2.66. The molecule has 0 saturated carbocycles. The number of fused-ring (bicyclic) bond motifs is 3. The average Bonchev–Trinajstić information content (AvgIpc) is 2.53. The van der Waals surface area contributed by atoms with Gasteiger partial charge in [0.05, 0.1) is 0 Å². The fourth-order valence-corrected chi connectivity index (χ4v) is 5.54. The van der Waals surface area contributed by atoms with Crippen LogP contribution in [0.3, 0.4) is 0 Å². The summed E-state index contributed by atoms with van der Waals surface area (Å²) in [6, 6.07) is 5.64. The van der Waals surface area contributed by atoms with E-state index in [1.54, 1.807) is 0 Å². The summed E-state index contributed by atoms with van der Waals surface area (Å²) in [4.78, 5) is 12.8. The van der Waals surface area contributed by atoms with E-state index in [-0.39, 0.29) is 5.92 Å². The second kappa shape index (κ2) is 5.56. The Balaban J connectivity index is 1.54. The van der Waals surface area contributed by atoms with Gasteiger partial charge in [-0.3, -0.25) is 4.79 Å². The van der Waals surface area contributed by atoms with Crippen LogP contribution in [-0.4, -0.2) is 29.5 Å². The summed E-state index contributed by atoms with van der Waals surface area (Å²) in [5.74, 6) is 1.97. The molecule has 3 aliphatic rings. The lowest BCUT2D eigenvalue weighted by Gasteiger charge is -2.38. The summed E-state index contributed by atoms with van der Waals surface area (Å²) in [6.45, 7) is 1.15. The van der Waals surface area contributed by atoms with Crippen molar-refractivity contribution in [2.24, 2.45) is 5.92 Å². The van der Waals surface area contributed by atoms with Gasteiger partial charge >= 0.3 is 0 Å². The minimum atomic E-state index is 0.198. The van der Waals surface area contributed by atoms with E-state index in [1.807, 2.05) is 18.2 Å². The molecule has 2 atom stereocenters. The molecule has 2 saturated heterocycles. The maximum Gasteiger partial charge on any atom is 0.166 e. The molecule has 21 heavy (non-hydrogen) atoms. The molecule has 2 fully saturated rings. The van der Waals surface area contributed by atoms with Crippen molar-refractivity contribution in [1.82, 2.24) is 0 Å². The lowest BCUT2D eigenvalue weighted by atomic mass is 9.84. The highest BCUT2D eigenvalue weighted by molar-refractivity contribution is 8.00. The number of hydrogen-bond acceptors (Lipinski definition) is 4. The molecular formula is C17H20O3S. The first-order valence-electron chi connectivity index (χ1n) is 7.89. The molecule has 0 amide bonds. The number of ketones is 1. The molecule has 0 N–H and O–H groups in total. The molecule has 2 bridgehead atoms. The number of carbonyl (C=O) groups excluding carboxylic acids is 1. The predicted octanol–water partition coefficient (Wildman–Crippen LogP) is 3.70. The van der Waals surface area contributed by atoms with Crippen LogP contribution in [0.2, 0.25) is 0 Å². The minimum Gasteiger partial charge on any atom is -0.486 e. The summed E-state index contributed by atoms with van der Waals surface area (Å²) in [6.07, 6.45) is 6.01. The van der Waals surface area contributed by atoms with Gasteiger partial charge in [0.2, 0.25) is 0 Å². The Morgan fingerprint density at radius 2 is 1.76 bits per heavy atom. The molecule has 2 unspecified atom stereocenters. The number of carbonyl (C=O) groups is 1.